The van der Waals surface area contributed by atoms with E-state index in [2.05, 4.69) is 34.9 Å². The minimum Gasteiger partial charge on any atom is -0.481 e. The second-order valence-electron chi connectivity index (χ2n) is 9.69. The fraction of sp³-hybridized carbons (Fsp3) is 0.444. The molecule has 3 N–H and O–H groups in total. The van der Waals surface area contributed by atoms with E-state index in [1.54, 1.807) is 0 Å². The summed E-state index contributed by atoms with van der Waals surface area (Å²) in [4.78, 5) is 36.3. The van der Waals surface area contributed by atoms with Crippen LogP contribution in [0, 0.1) is 5.41 Å². The fourth-order valence-corrected chi connectivity index (χ4v) is 5.34. The van der Waals surface area contributed by atoms with Crippen molar-refractivity contribution in [2.24, 2.45) is 5.41 Å². The molecule has 0 aromatic heterocycles. The van der Waals surface area contributed by atoms with Crippen molar-refractivity contribution in [3.63, 3.8) is 0 Å². The molecule has 0 spiro atoms. The number of alkyl carbamates (subject to hydrolysis) is 1. The van der Waals surface area contributed by atoms with Crippen LogP contribution in [0.1, 0.15) is 49.1 Å². The Bertz CT molecular complexity index is 1080. The molecule has 1 aliphatic heterocycles. The zero-order chi connectivity index (χ0) is 24.4. The molecule has 2 amide bonds. The first-order valence-electron chi connectivity index (χ1n) is 12.2. The van der Waals surface area contributed by atoms with E-state index in [1.165, 1.54) is 11.1 Å². The Hall–Kier alpha value is -3.39. The third-order valence-corrected chi connectivity index (χ3v) is 7.58. The SMILES string of the molecule is O=C(NCC1CCC(C(=O)NCC2(C(=O)O)CCC2)O1)OCC1c2ccccc2-c2ccccc21. The smallest absolute Gasteiger partial charge is 0.407 e. The van der Waals surface area contributed by atoms with Crippen LogP contribution in [0.2, 0.25) is 0 Å². The highest BCUT2D eigenvalue weighted by Gasteiger charge is 2.45. The first-order chi connectivity index (χ1) is 17.0. The molecule has 5 rings (SSSR count). The van der Waals surface area contributed by atoms with E-state index in [0.29, 0.717) is 25.7 Å². The zero-order valence-corrected chi connectivity index (χ0v) is 19.5. The van der Waals surface area contributed by atoms with Gasteiger partial charge in [-0.2, -0.15) is 0 Å². The first-order valence-corrected chi connectivity index (χ1v) is 12.2. The van der Waals surface area contributed by atoms with Gasteiger partial charge in [-0.25, -0.2) is 4.79 Å². The number of rotatable bonds is 8. The Morgan fingerprint density at radius 1 is 0.971 bits per heavy atom. The second-order valence-corrected chi connectivity index (χ2v) is 9.69. The number of ether oxygens (including phenoxy) is 2. The second kappa shape index (κ2) is 9.70. The van der Waals surface area contributed by atoms with Crippen LogP contribution in [-0.4, -0.2) is 55.0 Å². The zero-order valence-electron chi connectivity index (χ0n) is 19.5. The summed E-state index contributed by atoms with van der Waals surface area (Å²) in [5, 5.41) is 14.9. The van der Waals surface area contributed by atoms with Crippen LogP contribution in [0.25, 0.3) is 11.1 Å². The molecule has 2 fully saturated rings. The van der Waals surface area contributed by atoms with E-state index in [9.17, 15) is 19.5 Å². The summed E-state index contributed by atoms with van der Waals surface area (Å²) in [7, 11) is 0. The molecule has 1 saturated carbocycles. The van der Waals surface area contributed by atoms with Gasteiger partial charge in [0, 0.05) is 19.0 Å². The van der Waals surface area contributed by atoms with Crippen LogP contribution >= 0.6 is 0 Å². The third kappa shape index (κ3) is 4.62. The molecule has 2 aliphatic carbocycles. The highest BCUT2D eigenvalue weighted by molar-refractivity contribution is 5.83. The summed E-state index contributed by atoms with van der Waals surface area (Å²) in [6, 6.07) is 16.3. The standard InChI is InChI=1S/C27H30N2O6/c30-24(29-16-27(25(31)32)12-5-13-27)23-11-10-17(35-23)14-28-26(33)34-15-22-20-8-3-1-6-18(20)19-7-2-4-9-21(19)22/h1-4,6-9,17,22-23H,5,10-16H2,(H,28,33)(H,29,30)(H,31,32). The molecule has 2 aromatic carbocycles. The number of amides is 2. The van der Waals surface area contributed by atoms with Gasteiger partial charge in [-0.15, -0.1) is 0 Å². The average Bonchev–Trinajstić information content (AvgIpc) is 3.43. The van der Waals surface area contributed by atoms with Gasteiger partial charge in [0.15, 0.2) is 0 Å². The number of benzene rings is 2. The van der Waals surface area contributed by atoms with Gasteiger partial charge in [0.2, 0.25) is 5.91 Å². The Labute approximate surface area is 204 Å². The largest absolute Gasteiger partial charge is 0.481 e. The summed E-state index contributed by atoms with van der Waals surface area (Å²) in [6.45, 7) is 0.616. The van der Waals surface area contributed by atoms with Crippen molar-refractivity contribution in [2.75, 3.05) is 19.7 Å². The van der Waals surface area contributed by atoms with E-state index in [0.717, 1.165) is 17.5 Å². The van der Waals surface area contributed by atoms with E-state index in [1.807, 2.05) is 24.3 Å². The summed E-state index contributed by atoms with van der Waals surface area (Å²) in [5.41, 5.74) is 3.82. The van der Waals surface area contributed by atoms with Crippen molar-refractivity contribution in [2.45, 2.75) is 50.2 Å². The lowest BCUT2D eigenvalue weighted by Crippen LogP contribution is -2.49. The third-order valence-electron chi connectivity index (χ3n) is 7.58. The Balaban J connectivity index is 1.07. The van der Waals surface area contributed by atoms with Gasteiger partial charge in [0.05, 0.1) is 11.5 Å². The number of fused-ring (bicyclic) bond motifs is 3. The Kier molecular flexibility index (Phi) is 6.47. The Morgan fingerprint density at radius 2 is 1.63 bits per heavy atom. The summed E-state index contributed by atoms with van der Waals surface area (Å²) < 4.78 is 11.3. The predicted octanol–water partition coefficient (Wildman–Crippen LogP) is 3.44. The molecule has 2 atom stereocenters. The topological polar surface area (TPSA) is 114 Å². The number of carbonyl (C=O) groups is 3. The van der Waals surface area contributed by atoms with Crippen molar-refractivity contribution >= 4 is 18.0 Å². The summed E-state index contributed by atoms with van der Waals surface area (Å²) in [5.74, 6) is -1.16. The van der Waals surface area contributed by atoms with Crippen LogP contribution in [0.15, 0.2) is 48.5 Å². The number of hydrogen-bond acceptors (Lipinski definition) is 5. The van der Waals surface area contributed by atoms with Crippen molar-refractivity contribution in [1.29, 1.82) is 0 Å². The van der Waals surface area contributed by atoms with Crippen LogP contribution in [0.5, 0.6) is 0 Å². The number of carboxylic acid groups (broad SMARTS) is 1. The van der Waals surface area contributed by atoms with Crippen LogP contribution in [0.3, 0.4) is 0 Å². The van der Waals surface area contributed by atoms with E-state index in [4.69, 9.17) is 9.47 Å². The van der Waals surface area contributed by atoms with Crippen molar-refractivity contribution in [3.8, 4) is 11.1 Å². The molecule has 1 saturated heterocycles. The van der Waals surface area contributed by atoms with Crippen molar-refractivity contribution < 1.29 is 29.0 Å². The molecule has 2 unspecified atom stereocenters. The number of carboxylic acids is 1. The fourth-order valence-electron chi connectivity index (χ4n) is 5.34. The molecule has 0 radical (unpaired) electrons. The van der Waals surface area contributed by atoms with Gasteiger partial charge in [-0.05, 0) is 47.9 Å². The number of nitrogens with one attached hydrogen (secondary N) is 2. The molecule has 2 aromatic rings. The minimum absolute atomic E-state index is 0.00581. The average molecular weight is 479 g/mol. The predicted molar refractivity (Wildman–Crippen MR) is 128 cm³/mol. The van der Waals surface area contributed by atoms with E-state index < -0.39 is 23.6 Å². The summed E-state index contributed by atoms with van der Waals surface area (Å²) >= 11 is 0. The Morgan fingerprint density at radius 3 is 2.23 bits per heavy atom. The quantitative estimate of drug-likeness (QED) is 0.536. The molecule has 3 aliphatic rings. The van der Waals surface area contributed by atoms with Crippen LogP contribution < -0.4 is 10.6 Å². The maximum Gasteiger partial charge on any atom is 0.407 e. The molecule has 8 nitrogen and oxygen atoms in total. The van der Waals surface area contributed by atoms with Gasteiger partial charge >= 0.3 is 12.1 Å². The molecular formula is C27H30N2O6. The van der Waals surface area contributed by atoms with Crippen molar-refractivity contribution in [3.05, 3.63) is 59.7 Å². The molecule has 0 bridgehead atoms. The minimum atomic E-state index is -0.860. The normalized spacial score (nSPS) is 21.9. The van der Waals surface area contributed by atoms with Crippen LogP contribution in [-0.2, 0) is 19.1 Å². The molecular weight excluding hydrogens is 448 g/mol. The van der Waals surface area contributed by atoms with Gasteiger partial charge < -0.3 is 25.2 Å². The highest BCUT2D eigenvalue weighted by atomic mass is 16.5. The first kappa shape index (κ1) is 23.4. The lowest BCUT2D eigenvalue weighted by Gasteiger charge is -2.37. The molecule has 1 heterocycles. The van der Waals surface area contributed by atoms with Gasteiger partial charge in [0.1, 0.15) is 12.7 Å². The maximum atomic E-state index is 12.4. The van der Waals surface area contributed by atoms with Crippen molar-refractivity contribution in [1.82, 2.24) is 10.6 Å². The number of carbonyl (C=O) groups excluding carboxylic acids is 2. The monoisotopic (exact) mass is 478 g/mol. The van der Waals surface area contributed by atoms with E-state index >= 15 is 0 Å². The van der Waals surface area contributed by atoms with Crippen LogP contribution in [0.4, 0.5) is 4.79 Å². The summed E-state index contributed by atoms with van der Waals surface area (Å²) in [6.07, 6.45) is 1.76. The number of aliphatic carboxylic acids is 1. The number of hydrogen-bond donors (Lipinski definition) is 3. The lowest BCUT2D eigenvalue weighted by atomic mass is 9.69. The van der Waals surface area contributed by atoms with Gasteiger partial charge in [0.25, 0.3) is 0 Å². The van der Waals surface area contributed by atoms with E-state index in [-0.39, 0.29) is 37.6 Å². The molecule has 8 heteroatoms. The highest BCUT2D eigenvalue weighted by Crippen LogP contribution is 2.44. The molecule has 184 valence electrons. The molecule has 35 heavy (non-hydrogen) atoms. The maximum absolute atomic E-state index is 12.4. The van der Waals surface area contributed by atoms with Gasteiger partial charge in [-0.1, -0.05) is 55.0 Å². The van der Waals surface area contributed by atoms with Gasteiger partial charge in [-0.3, -0.25) is 9.59 Å². The lowest BCUT2D eigenvalue weighted by molar-refractivity contribution is -0.154.